The summed E-state index contributed by atoms with van der Waals surface area (Å²) in [6, 6.07) is -1.82. The van der Waals surface area contributed by atoms with Crippen LogP contribution in [-0.2, 0) is 25.7 Å². The van der Waals surface area contributed by atoms with Gasteiger partial charge in [0.15, 0.2) is 35.4 Å². The molecule has 4 atom stereocenters. The van der Waals surface area contributed by atoms with E-state index in [0.717, 1.165) is 79.7 Å². The number of carbonyl (C=O) groups is 6. The lowest BCUT2D eigenvalue weighted by Crippen LogP contribution is -2.31. The highest BCUT2D eigenvalue weighted by atomic mass is 32.1. The van der Waals surface area contributed by atoms with Crippen molar-refractivity contribution < 1.29 is 28.8 Å². The summed E-state index contributed by atoms with van der Waals surface area (Å²) in [5.74, 6) is -1.33. The number of Topliss-reactive ketones (excluding diaryl/α,β-unsaturated/α-hetero) is 2. The molecule has 26 N–H and O–H groups in total. The number of aromatic nitrogens is 6. The van der Waals surface area contributed by atoms with Gasteiger partial charge in [0.1, 0.15) is 19.5 Å². The van der Waals surface area contributed by atoms with Crippen LogP contribution in [0, 0.1) is 27.7 Å². The Balaban J connectivity index is 0.000000330. The first-order valence-electron chi connectivity index (χ1n) is 29.1. The number of unbranched alkanes of at least 4 members (excludes halogenated alkanes) is 1. The number of rotatable bonds is 30. The summed E-state index contributed by atoms with van der Waals surface area (Å²) in [4.78, 5) is 117. The highest BCUT2D eigenvalue weighted by Gasteiger charge is 2.29. The lowest BCUT2D eigenvalue weighted by molar-refractivity contribution is 0.0928. The molecular formula is C56H88N24O6S6. The van der Waals surface area contributed by atoms with Crippen LogP contribution in [0.25, 0.3) is 0 Å². The van der Waals surface area contributed by atoms with Gasteiger partial charge in [0.25, 0.3) is 23.6 Å². The van der Waals surface area contributed by atoms with Crippen molar-refractivity contribution >= 4 is 127 Å². The maximum atomic E-state index is 13.0. The zero-order chi connectivity index (χ0) is 69.1. The topological polar surface area (TPSA) is 565 Å². The highest BCUT2D eigenvalue weighted by Crippen LogP contribution is 2.31. The predicted molar refractivity (Wildman–Crippen MR) is 371 cm³/mol. The maximum Gasteiger partial charge on any atom is 0.263 e. The van der Waals surface area contributed by atoms with Crippen LogP contribution in [0.2, 0.25) is 0 Å². The summed E-state index contributed by atoms with van der Waals surface area (Å²) in [6.07, 6.45) is 7.43. The van der Waals surface area contributed by atoms with Crippen molar-refractivity contribution in [2.75, 3.05) is 26.2 Å². The van der Waals surface area contributed by atoms with E-state index in [1.54, 1.807) is 48.5 Å². The van der Waals surface area contributed by atoms with Gasteiger partial charge in [0.2, 0.25) is 0 Å². The normalized spacial score (nSPS) is 12.0. The molecule has 0 saturated heterocycles. The molecule has 0 aliphatic carbocycles. The van der Waals surface area contributed by atoms with E-state index in [0.29, 0.717) is 104 Å². The Kier molecular flexibility index (Phi) is 33.0. The van der Waals surface area contributed by atoms with Crippen molar-refractivity contribution in [3.8, 4) is 0 Å². The van der Waals surface area contributed by atoms with Crippen LogP contribution in [0.15, 0.2) is 20.0 Å². The van der Waals surface area contributed by atoms with E-state index < -0.39 is 29.9 Å². The zero-order valence-corrected chi connectivity index (χ0v) is 58.4. The Labute approximate surface area is 558 Å². The molecule has 6 rings (SSSR count). The largest absolute Gasteiger partial charge is 0.370 e. The second-order valence-corrected chi connectivity index (χ2v) is 27.6. The first kappa shape index (κ1) is 78.2. The number of hydrogen-bond acceptors (Lipinski definition) is 24. The summed E-state index contributed by atoms with van der Waals surface area (Å²) < 4.78 is 0. The number of thiazole rings is 6. The van der Waals surface area contributed by atoms with E-state index in [2.05, 4.69) is 60.5 Å². The molecule has 4 amide bonds. The Morgan fingerprint density at radius 2 is 0.804 bits per heavy atom. The molecule has 0 bridgehead atoms. The van der Waals surface area contributed by atoms with Gasteiger partial charge < -0.3 is 79.4 Å². The third-order valence-corrected chi connectivity index (χ3v) is 18.9. The van der Waals surface area contributed by atoms with Crippen molar-refractivity contribution in [3.63, 3.8) is 0 Å². The second-order valence-electron chi connectivity index (χ2n) is 20.6. The number of guanidine groups is 4. The molecule has 0 spiro atoms. The van der Waals surface area contributed by atoms with Gasteiger partial charge in [-0.3, -0.25) is 48.7 Å². The minimum atomic E-state index is -0.584. The number of ketones is 2. The number of aryl methyl sites for hydroxylation is 8. The lowest BCUT2D eigenvalue weighted by atomic mass is 10.1. The number of aliphatic imine (C=N–C) groups is 4. The van der Waals surface area contributed by atoms with E-state index >= 15 is 0 Å². The first-order chi connectivity index (χ1) is 43.2. The summed E-state index contributed by atoms with van der Waals surface area (Å²) >= 11 is 7.89. The molecule has 0 unspecified atom stereocenters. The number of primary amides is 2. The van der Waals surface area contributed by atoms with Crippen LogP contribution in [0.1, 0.15) is 226 Å². The average molecular weight is 1390 g/mol. The number of hydrogen-bond donors (Lipinski definition) is 14. The van der Waals surface area contributed by atoms with E-state index in [-0.39, 0.29) is 53.3 Å². The van der Waals surface area contributed by atoms with Crippen molar-refractivity contribution in [3.05, 3.63) is 93.5 Å². The Morgan fingerprint density at radius 1 is 0.424 bits per heavy atom. The standard InChI is InChI=1S/2C17H26N8O2S2.2C11H18N4OS/c1-7(18)11-14(29-8(2)23-11)16(27)25-10(5-4-6-22-17(20)21)12-13(15(19)26)28-9(3)24-12;1-7(18)11-14(29-10(25-11)5-4-6-22-17(20)21)16(27)23-8(2)12-13(15(19)26)28-9(3)24-12;1-7(16)10-9(15-8(2)17-10)5-3-4-6-14-11(12)13;1-3-8-10(7(2)16)17-9(15-8)5-4-6-14-11(12)13/h7,10H,4-6,18H2,1-3H3,(H2,19,26)(H,25,27)(H4,20,21,22);7-8H,4-6,18H2,1-3H3,(H2,19,26)(H,23,27)(H4,20,21,22);2*3-6H2,1-2H3,(H4,12,13,14)/t7-,10-;7-,8-;;/m00../s1. The fourth-order valence-corrected chi connectivity index (χ4v) is 14.1. The summed E-state index contributed by atoms with van der Waals surface area (Å²) in [5.41, 5.74) is 68.9. The number of nitrogens with zero attached hydrogens (tertiary/aromatic N) is 10. The molecule has 6 aromatic heterocycles. The summed E-state index contributed by atoms with van der Waals surface area (Å²) in [5, 5.41) is 10.7. The molecule has 0 aromatic carbocycles. The fraction of sp³-hybridized carbons (Fsp3) is 0.500. The van der Waals surface area contributed by atoms with Gasteiger partial charge in [-0.05, 0) is 99.8 Å². The van der Waals surface area contributed by atoms with Crippen molar-refractivity contribution in [1.82, 2.24) is 40.5 Å². The molecule has 6 aromatic rings. The van der Waals surface area contributed by atoms with Gasteiger partial charge in [-0.1, -0.05) is 6.92 Å². The smallest absolute Gasteiger partial charge is 0.263 e. The van der Waals surface area contributed by atoms with E-state index in [1.807, 2.05) is 20.8 Å². The predicted octanol–water partition coefficient (Wildman–Crippen LogP) is 3.95. The average Bonchev–Trinajstić information content (AvgIpc) is 1.81. The van der Waals surface area contributed by atoms with Gasteiger partial charge >= 0.3 is 0 Å². The van der Waals surface area contributed by atoms with E-state index in [9.17, 15) is 28.8 Å². The van der Waals surface area contributed by atoms with Crippen LogP contribution in [0.5, 0.6) is 0 Å². The lowest BCUT2D eigenvalue weighted by Gasteiger charge is -2.18. The fourth-order valence-electron chi connectivity index (χ4n) is 8.40. The molecule has 0 saturated carbocycles. The number of amides is 4. The third-order valence-electron chi connectivity index (χ3n) is 12.4. The first-order valence-corrected chi connectivity index (χ1v) is 34.0. The minimum Gasteiger partial charge on any atom is -0.370 e. The van der Waals surface area contributed by atoms with Crippen LogP contribution < -0.4 is 79.4 Å². The van der Waals surface area contributed by atoms with Gasteiger partial charge in [-0.25, -0.2) is 29.9 Å². The molecule has 30 nitrogen and oxygen atoms in total. The monoisotopic (exact) mass is 1380 g/mol. The van der Waals surface area contributed by atoms with Crippen LogP contribution in [0.3, 0.4) is 0 Å². The molecule has 0 radical (unpaired) electrons. The van der Waals surface area contributed by atoms with Gasteiger partial charge in [0, 0.05) is 65.0 Å². The number of nitrogens with one attached hydrogen (secondary N) is 2. The molecule has 0 fully saturated rings. The van der Waals surface area contributed by atoms with Gasteiger partial charge in [0.05, 0.1) is 86.0 Å². The summed E-state index contributed by atoms with van der Waals surface area (Å²) in [7, 11) is 0. The number of nitrogens with two attached hydrogens (primary N) is 12. The second kappa shape index (κ2) is 38.8. The maximum absolute atomic E-state index is 13.0. The van der Waals surface area contributed by atoms with E-state index in [1.165, 1.54) is 68.0 Å². The molecule has 504 valence electrons. The Hall–Kier alpha value is -8.00. The molecule has 0 aliphatic rings. The number of carbonyl (C=O) groups excluding carboxylic acids is 6. The van der Waals surface area contributed by atoms with Gasteiger partial charge in [-0.15, -0.1) is 68.0 Å². The molecule has 6 heterocycles. The third kappa shape index (κ3) is 26.3. The Morgan fingerprint density at radius 3 is 1.27 bits per heavy atom. The highest BCUT2D eigenvalue weighted by molar-refractivity contribution is 7.15. The van der Waals surface area contributed by atoms with Gasteiger partial charge in [-0.2, -0.15) is 0 Å². The Bertz CT molecular complexity index is 3560. The summed E-state index contributed by atoms with van der Waals surface area (Å²) in [6.45, 7) is 19.8. The molecule has 36 heteroatoms. The SMILES string of the molecule is CC(=O)c1sc(C)nc1CCCCN=C(N)N.CCc1nc(CCCN=C(N)N)sc1C(C)=O.Cc1nc([C@H](C)N)c(C(=O)N[C@@H](CCCN=C(N)N)c2nc(C)sc2C(N)=O)s1.Cc1nc([C@H](C)NC(=O)c2sc(CCCN=C(N)N)nc2[C@H](C)N)c(C(N)=O)s1. The molecule has 0 aliphatic heterocycles. The van der Waals surface area contributed by atoms with Crippen molar-refractivity contribution in [2.24, 2.45) is 88.8 Å². The zero-order valence-electron chi connectivity index (χ0n) is 53.5. The quantitative estimate of drug-likeness (QED) is 0.0131. The molecular weight excluding hydrogens is 1300 g/mol. The van der Waals surface area contributed by atoms with Crippen molar-refractivity contribution in [2.45, 2.75) is 158 Å². The van der Waals surface area contributed by atoms with E-state index in [4.69, 9.17) is 68.8 Å². The van der Waals surface area contributed by atoms with Crippen LogP contribution >= 0.6 is 68.0 Å². The molecule has 92 heavy (non-hydrogen) atoms. The van der Waals surface area contributed by atoms with Crippen LogP contribution in [0.4, 0.5) is 0 Å². The van der Waals surface area contributed by atoms with Crippen LogP contribution in [-0.4, -0.2) is 115 Å². The van der Waals surface area contributed by atoms with Crippen molar-refractivity contribution in [1.29, 1.82) is 0 Å². The minimum absolute atomic E-state index is 0.00498.